The van der Waals surface area contributed by atoms with Gasteiger partial charge in [-0.05, 0) is 35.9 Å². The van der Waals surface area contributed by atoms with Crippen LogP contribution in [0.25, 0.3) is 5.76 Å². The number of likely N-dealkylation sites (tertiary alicyclic amines) is 1. The lowest BCUT2D eigenvalue weighted by Gasteiger charge is -2.21. The van der Waals surface area contributed by atoms with E-state index in [4.69, 9.17) is 14.2 Å². The largest absolute Gasteiger partial charge is 0.507 e. The van der Waals surface area contributed by atoms with Crippen LogP contribution in [0.3, 0.4) is 0 Å². The van der Waals surface area contributed by atoms with E-state index in [0.29, 0.717) is 35.0 Å². The van der Waals surface area contributed by atoms with Crippen molar-refractivity contribution in [3.05, 3.63) is 71.8 Å². The Morgan fingerprint density at radius 1 is 1.24 bits per heavy atom. The summed E-state index contributed by atoms with van der Waals surface area (Å²) in [7, 11) is 1.53. The maximum Gasteiger partial charge on any atom is 0.295 e. The zero-order chi connectivity index (χ0) is 20.5. The Labute approximate surface area is 167 Å². The average molecular weight is 393 g/mol. The first-order valence-electron chi connectivity index (χ1n) is 8.99. The van der Waals surface area contributed by atoms with E-state index in [-0.39, 0.29) is 18.1 Å². The number of benzene rings is 2. The van der Waals surface area contributed by atoms with E-state index in [2.05, 4.69) is 6.58 Å². The Hall–Kier alpha value is -3.74. The highest BCUT2D eigenvalue weighted by Gasteiger charge is 2.44. The van der Waals surface area contributed by atoms with E-state index in [0.717, 1.165) is 0 Å². The third-order valence-electron chi connectivity index (χ3n) is 4.86. The maximum atomic E-state index is 12.7. The molecule has 2 aromatic carbocycles. The van der Waals surface area contributed by atoms with Gasteiger partial charge in [0.2, 0.25) is 6.79 Å². The molecule has 0 aromatic heterocycles. The van der Waals surface area contributed by atoms with E-state index in [1.165, 1.54) is 11.9 Å². The molecule has 1 saturated heterocycles. The molecule has 7 heteroatoms. The molecule has 0 saturated carbocycles. The maximum absolute atomic E-state index is 12.7. The fraction of sp³-hybridized carbons (Fsp3) is 0.182. The Morgan fingerprint density at radius 2 is 2.03 bits per heavy atom. The van der Waals surface area contributed by atoms with Gasteiger partial charge < -0.3 is 24.2 Å². The number of hydrogen-bond acceptors (Lipinski definition) is 6. The SMILES string of the molecule is C=CCOc1cccc(C2/C(=C(\O)c3ccc4c(c3)OCO4)C(=O)C(=O)N2C)c1. The summed E-state index contributed by atoms with van der Waals surface area (Å²) in [6, 6.07) is 11.2. The second-order valence-corrected chi connectivity index (χ2v) is 6.65. The van der Waals surface area contributed by atoms with Crippen LogP contribution in [0.15, 0.2) is 60.7 Å². The molecule has 29 heavy (non-hydrogen) atoms. The fourth-order valence-electron chi connectivity index (χ4n) is 3.47. The first kappa shape index (κ1) is 18.6. The van der Waals surface area contributed by atoms with Crippen LogP contribution < -0.4 is 14.2 Å². The van der Waals surface area contributed by atoms with Gasteiger partial charge in [-0.1, -0.05) is 24.8 Å². The van der Waals surface area contributed by atoms with Gasteiger partial charge in [-0.2, -0.15) is 0 Å². The third-order valence-corrected chi connectivity index (χ3v) is 4.86. The lowest BCUT2D eigenvalue weighted by molar-refractivity contribution is -0.139. The minimum absolute atomic E-state index is 0.0113. The van der Waals surface area contributed by atoms with E-state index in [1.807, 2.05) is 0 Å². The van der Waals surface area contributed by atoms with Crippen molar-refractivity contribution in [3.8, 4) is 17.2 Å². The normalized spacial score (nSPS) is 19.5. The zero-order valence-electron chi connectivity index (χ0n) is 15.8. The molecule has 7 nitrogen and oxygen atoms in total. The van der Waals surface area contributed by atoms with Gasteiger partial charge in [0.15, 0.2) is 11.5 Å². The Bertz CT molecular complexity index is 1040. The highest BCUT2D eigenvalue weighted by Crippen LogP contribution is 2.41. The van der Waals surface area contributed by atoms with Crippen LogP contribution in [0, 0.1) is 0 Å². The first-order chi connectivity index (χ1) is 14.0. The number of hydrogen-bond donors (Lipinski definition) is 1. The van der Waals surface area contributed by atoms with E-state index in [9.17, 15) is 14.7 Å². The molecule has 1 amide bonds. The number of Topliss-reactive ketones (excluding diaryl/α,β-unsaturated/α-hetero) is 1. The summed E-state index contributed by atoms with van der Waals surface area (Å²) < 4.78 is 16.2. The lowest BCUT2D eigenvalue weighted by atomic mass is 9.95. The summed E-state index contributed by atoms with van der Waals surface area (Å²) in [4.78, 5) is 26.4. The zero-order valence-corrected chi connectivity index (χ0v) is 15.8. The van der Waals surface area contributed by atoms with Crippen LogP contribution in [-0.4, -0.2) is 42.1 Å². The van der Waals surface area contributed by atoms with E-state index >= 15 is 0 Å². The number of ketones is 1. The van der Waals surface area contributed by atoms with Crippen LogP contribution in [0.4, 0.5) is 0 Å². The van der Waals surface area contributed by atoms with Crippen molar-refractivity contribution in [2.24, 2.45) is 0 Å². The van der Waals surface area contributed by atoms with Gasteiger partial charge in [0.25, 0.3) is 11.7 Å². The van der Waals surface area contributed by atoms with Crippen molar-refractivity contribution in [1.29, 1.82) is 0 Å². The number of fused-ring (bicyclic) bond motifs is 1. The summed E-state index contributed by atoms with van der Waals surface area (Å²) in [6.45, 7) is 4.04. The number of ether oxygens (including phenoxy) is 3. The molecule has 2 aliphatic heterocycles. The molecule has 0 bridgehead atoms. The van der Waals surface area contributed by atoms with Crippen molar-refractivity contribution >= 4 is 17.4 Å². The minimum Gasteiger partial charge on any atom is -0.507 e. The molecule has 0 radical (unpaired) electrons. The molecule has 0 aliphatic carbocycles. The van der Waals surface area contributed by atoms with Gasteiger partial charge in [0.05, 0.1) is 11.6 Å². The molecule has 1 atom stereocenters. The van der Waals surface area contributed by atoms with Crippen LogP contribution >= 0.6 is 0 Å². The van der Waals surface area contributed by atoms with Crippen LogP contribution in [-0.2, 0) is 9.59 Å². The number of amides is 1. The number of carbonyl (C=O) groups excluding carboxylic acids is 2. The highest BCUT2D eigenvalue weighted by atomic mass is 16.7. The number of likely N-dealkylation sites (N-methyl/N-ethyl adjacent to an activating group) is 1. The summed E-state index contributed by atoms with van der Waals surface area (Å²) >= 11 is 0. The van der Waals surface area contributed by atoms with E-state index in [1.54, 1.807) is 48.5 Å². The van der Waals surface area contributed by atoms with Gasteiger partial charge in [0, 0.05) is 12.6 Å². The van der Waals surface area contributed by atoms with Gasteiger partial charge in [-0.3, -0.25) is 9.59 Å². The Balaban J connectivity index is 1.79. The van der Waals surface area contributed by atoms with Crippen LogP contribution in [0.1, 0.15) is 17.2 Å². The predicted octanol–water partition coefficient (Wildman–Crippen LogP) is 3.03. The number of aliphatic hydroxyl groups excluding tert-OH is 1. The second-order valence-electron chi connectivity index (χ2n) is 6.65. The molecular weight excluding hydrogens is 374 g/mol. The number of aliphatic hydroxyl groups is 1. The van der Waals surface area contributed by atoms with Crippen molar-refractivity contribution in [1.82, 2.24) is 4.90 Å². The molecule has 2 aromatic rings. The average Bonchev–Trinajstić information content (AvgIpc) is 3.29. The topological polar surface area (TPSA) is 85.3 Å². The number of nitrogens with zero attached hydrogens (tertiary/aromatic N) is 1. The predicted molar refractivity (Wildman–Crippen MR) is 105 cm³/mol. The molecule has 1 unspecified atom stereocenters. The van der Waals surface area contributed by atoms with Gasteiger partial charge >= 0.3 is 0 Å². The van der Waals surface area contributed by atoms with Crippen molar-refractivity contribution in [2.75, 3.05) is 20.4 Å². The fourth-order valence-corrected chi connectivity index (χ4v) is 3.47. The number of carbonyl (C=O) groups is 2. The molecule has 2 heterocycles. The van der Waals surface area contributed by atoms with Crippen LogP contribution in [0.5, 0.6) is 17.2 Å². The van der Waals surface area contributed by atoms with E-state index < -0.39 is 17.7 Å². The molecule has 148 valence electrons. The first-order valence-corrected chi connectivity index (χ1v) is 8.99. The smallest absolute Gasteiger partial charge is 0.295 e. The monoisotopic (exact) mass is 393 g/mol. The Kier molecular flexibility index (Phi) is 4.72. The molecule has 1 N–H and O–H groups in total. The molecular formula is C22H19NO6. The summed E-state index contributed by atoms with van der Waals surface area (Å²) in [5.41, 5.74) is 1.03. The molecule has 2 aliphatic rings. The second kappa shape index (κ2) is 7.35. The highest BCUT2D eigenvalue weighted by molar-refractivity contribution is 6.46. The van der Waals surface area contributed by atoms with Crippen molar-refractivity contribution in [3.63, 3.8) is 0 Å². The summed E-state index contributed by atoms with van der Waals surface area (Å²) in [6.07, 6.45) is 1.62. The standard InChI is InChI=1S/C22H19NO6/c1-3-9-27-15-6-4-5-13(10-15)19-18(21(25)22(26)23(19)2)20(24)14-7-8-16-17(11-14)29-12-28-16/h3-8,10-11,19,24H,1,9,12H2,2H3/b20-18+. The third kappa shape index (κ3) is 3.20. The number of rotatable bonds is 5. The van der Waals surface area contributed by atoms with Crippen LogP contribution in [0.2, 0.25) is 0 Å². The summed E-state index contributed by atoms with van der Waals surface area (Å²) in [5, 5.41) is 10.9. The lowest BCUT2D eigenvalue weighted by Crippen LogP contribution is -2.24. The minimum atomic E-state index is -0.745. The Morgan fingerprint density at radius 3 is 2.83 bits per heavy atom. The van der Waals surface area contributed by atoms with Gasteiger partial charge in [-0.25, -0.2) is 0 Å². The molecule has 0 spiro atoms. The quantitative estimate of drug-likeness (QED) is 0.364. The van der Waals surface area contributed by atoms with Gasteiger partial charge in [0.1, 0.15) is 18.1 Å². The molecule has 1 fully saturated rings. The van der Waals surface area contributed by atoms with Gasteiger partial charge in [-0.15, -0.1) is 0 Å². The van der Waals surface area contributed by atoms with Crippen molar-refractivity contribution in [2.45, 2.75) is 6.04 Å². The molecule has 4 rings (SSSR count). The van der Waals surface area contributed by atoms with Crippen molar-refractivity contribution < 1.29 is 28.9 Å². The summed E-state index contributed by atoms with van der Waals surface area (Å²) in [5.74, 6) is -0.102.